The lowest BCUT2D eigenvalue weighted by Crippen LogP contribution is -2.49. The van der Waals surface area contributed by atoms with Crippen LogP contribution in [0.15, 0.2) is 48.5 Å². The highest BCUT2D eigenvalue weighted by Gasteiger charge is 2.26. The Morgan fingerprint density at radius 3 is 2.31 bits per heavy atom. The van der Waals surface area contributed by atoms with Gasteiger partial charge in [0.25, 0.3) is 5.91 Å². The number of nitrogens with zero attached hydrogens (tertiary/aromatic N) is 1. The summed E-state index contributed by atoms with van der Waals surface area (Å²) in [4.78, 5) is 27.0. The molecule has 0 heterocycles. The molecule has 0 saturated heterocycles. The summed E-state index contributed by atoms with van der Waals surface area (Å²) in [7, 11) is 0. The van der Waals surface area contributed by atoms with E-state index in [1.54, 1.807) is 11.8 Å². The van der Waals surface area contributed by atoms with Gasteiger partial charge in [0.2, 0.25) is 5.91 Å². The van der Waals surface area contributed by atoms with Crippen LogP contribution < -0.4 is 10.1 Å². The van der Waals surface area contributed by atoms with Crippen LogP contribution in [0, 0.1) is 6.92 Å². The van der Waals surface area contributed by atoms with Gasteiger partial charge in [0, 0.05) is 13.1 Å². The lowest BCUT2D eigenvalue weighted by atomic mass is 10.0. The molecule has 0 radical (unpaired) electrons. The van der Waals surface area contributed by atoms with Crippen molar-refractivity contribution in [3.05, 3.63) is 65.2 Å². The summed E-state index contributed by atoms with van der Waals surface area (Å²) in [5.41, 5.74) is 3.18. The first-order chi connectivity index (χ1) is 13.8. The predicted octanol–water partition coefficient (Wildman–Crippen LogP) is 4.05. The number of hydrogen-bond donors (Lipinski definition) is 1. The first kappa shape index (κ1) is 22.5. The number of carbonyl (C=O) groups excluding carboxylic acids is 2. The van der Waals surface area contributed by atoms with Crippen molar-refractivity contribution in [2.75, 3.05) is 13.2 Å². The number of aryl methyl sites for hydroxylation is 1. The van der Waals surface area contributed by atoms with E-state index in [9.17, 15) is 9.59 Å². The molecule has 0 bridgehead atoms. The number of amides is 2. The van der Waals surface area contributed by atoms with Crippen molar-refractivity contribution < 1.29 is 14.3 Å². The SMILES string of the molecule is CCNC(=O)[C@@H](C)N(Cc1ccc(C)cc1)C(=O)COc1ccccc1C(C)C. The second kappa shape index (κ2) is 10.6. The van der Waals surface area contributed by atoms with Crippen molar-refractivity contribution in [1.82, 2.24) is 10.2 Å². The van der Waals surface area contributed by atoms with Crippen molar-refractivity contribution in [3.8, 4) is 5.75 Å². The number of nitrogens with one attached hydrogen (secondary N) is 1. The topological polar surface area (TPSA) is 58.6 Å². The standard InChI is InChI=1S/C24H32N2O3/c1-6-25-24(28)19(5)26(15-20-13-11-18(4)12-14-20)23(27)16-29-22-10-8-7-9-21(22)17(2)3/h7-14,17,19H,6,15-16H2,1-5H3,(H,25,28)/t19-/m1/s1. The highest BCUT2D eigenvalue weighted by atomic mass is 16.5. The molecule has 5 nitrogen and oxygen atoms in total. The quantitative estimate of drug-likeness (QED) is 0.696. The molecule has 29 heavy (non-hydrogen) atoms. The van der Waals surface area contributed by atoms with Crippen LogP contribution in [0.2, 0.25) is 0 Å². The maximum absolute atomic E-state index is 13.0. The Hall–Kier alpha value is -2.82. The monoisotopic (exact) mass is 396 g/mol. The van der Waals surface area contributed by atoms with E-state index in [0.717, 1.165) is 16.7 Å². The predicted molar refractivity (Wildman–Crippen MR) is 116 cm³/mol. The molecule has 0 aliphatic rings. The average Bonchev–Trinajstić information content (AvgIpc) is 2.71. The van der Waals surface area contributed by atoms with Crippen molar-refractivity contribution in [2.24, 2.45) is 0 Å². The molecule has 0 saturated carbocycles. The van der Waals surface area contributed by atoms with Gasteiger partial charge in [-0.25, -0.2) is 0 Å². The van der Waals surface area contributed by atoms with Crippen LogP contribution in [-0.4, -0.2) is 35.9 Å². The van der Waals surface area contributed by atoms with Gasteiger partial charge in [-0.05, 0) is 43.9 Å². The highest BCUT2D eigenvalue weighted by Crippen LogP contribution is 2.26. The Balaban J connectivity index is 2.17. The lowest BCUT2D eigenvalue weighted by Gasteiger charge is -2.29. The molecule has 2 rings (SSSR count). The number of ether oxygens (including phenoxy) is 1. The molecular formula is C24H32N2O3. The van der Waals surface area contributed by atoms with Gasteiger partial charge in [0.15, 0.2) is 6.61 Å². The molecule has 0 aliphatic heterocycles. The van der Waals surface area contributed by atoms with E-state index in [1.165, 1.54) is 0 Å². The fraction of sp³-hybridized carbons (Fsp3) is 0.417. The minimum absolute atomic E-state index is 0.112. The molecule has 2 amide bonds. The molecule has 1 atom stereocenters. The fourth-order valence-corrected chi connectivity index (χ4v) is 3.11. The minimum atomic E-state index is -0.590. The van der Waals surface area contributed by atoms with Gasteiger partial charge < -0.3 is 15.0 Å². The molecule has 156 valence electrons. The van der Waals surface area contributed by atoms with E-state index in [1.807, 2.05) is 62.4 Å². The summed E-state index contributed by atoms with van der Waals surface area (Å²) in [6.45, 7) is 10.6. The molecule has 2 aromatic rings. The Bertz CT molecular complexity index is 815. The van der Waals surface area contributed by atoms with Crippen molar-refractivity contribution in [1.29, 1.82) is 0 Å². The van der Waals surface area contributed by atoms with Gasteiger partial charge in [-0.1, -0.05) is 61.9 Å². The Morgan fingerprint density at radius 1 is 1.03 bits per heavy atom. The molecule has 2 aromatic carbocycles. The second-order valence-corrected chi connectivity index (χ2v) is 7.56. The van der Waals surface area contributed by atoms with Crippen LogP contribution in [0.3, 0.4) is 0 Å². The molecule has 0 spiro atoms. The van der Waals surface area contributed by atoms with Gasteiger partial charge in [-0.15, -0.1) is 0 Å². The van der Waals surface area contributed by atoms with E-state index in [0.29, 0.717) is 24.8 Å². The van der Waals surface area contributed by atoms with E-state index < -0.39 is 6.04 Å². The normalized spacial score (nSPS) is 11.8. The summed E-state index contributed by atoms with van der Waals surface area (Å²) < 4.78 is 5.86. The number of para-hydroxylation sites is 1. The van der Waals surface area contributed by atoms with Crippen LogP contribution >= 0.6 is 0 Å². The first-order valence-electron chi connectivity index (χ1n) is 10.2. The Morgan fingerprint density at radius 2 is 1.69 bits per heavy atom. The first-order valence-corrected chi connectivity index (χ1v) is 10.2. The van der Waals surface area contributed by atoms with Crippen LogP contribution in [0.25, 0.3) is 0 Å². The van der Waals surface area contributed by atoms with E-state index >= 15 is 0 Å². The molecule has 5 heteroatoms. The van der Waals surface area contributed by atoms with Crippen LogP contribution in [0.4, 0.5) is 0 Å². The molecule has 0 aromatic heterocycles. The zero-order chi connectivity index (χ0) is 21.4. The molecule has 0 aliphatic carbocycles. The van der Waals surface area contributed by atoms with Gasteiger partial charge in [0.05, 0.1) is 0 Å². The number of likely N-dealkylation sites (N-methyl/N-ethyl adjacent to an activating group) is 1. The maximum Gasteiger partial charge on any atom is 0.261 e. The third kappa shape index (κ3) is 6.34. The zero-order valence-corrected chi connectivity index (χ0v) is 18.1. The summed E-state index contributed by atoms with van der Waals surface area (Å²) in [5, 5.41) is 2.80. The number of benzene rings is 2. The van der Waals surface area contributed by atoms with Gasteiger partial charge in [-0.2, -0.15) is 0 Å². The summed E-state index contributed by atoms with van der Waals surface area (Å²) in [5.74, 6) is 0.606. The number of hydrogen-bond acceptors (Lipinski definition) is 3. The number of rotatable bonds is 9. The number of carbonyl (C=O) groups is 2. The Kier molecular flexibility index (Phi) is 8.25. The van der Waals surface area contributed by atoms with Gasteiger partial charge in [0.1, 0.15) is 11.8 Å². The Labute approximate surface area is 174 Å². The van der Waals surface area contributed by atoms with Gasteiger partial charge in [-0.3, -0.25) is 9.59 Å². The summed E-state index contributed by atoms with van der Waals surface area (Å²) >= 11 is 0. The lowest BCUT2D eigenvalue weighted by molar-refractivity contribution is -0.142. The van der Waals surface area contributed by atoms with Crippen molar-refractivity contribution >= 4 is 11.8 Å². The summed E-state index contributed by atoms with van der Waals surface area (Å²) in [6, 6.07) is 15.1. The van der Waals surface area contributed by atoms with Gasteiger partial charge >= 0.3 is 0 Å². The van der Waals surface area contributed by atoms with Crippen molar-refractivity contribution in [2.45, 2.75) is 53.1 Å². The third-order valence-corrected chi connectivity index (χ3v) is 4.88. The molecule has 0 fully saturated rings. The average molecular weight is 397 g/mol. The third-order valence-electron chi connectivity index (χ3n) is 4.88. The largest absolute Gasteiger partial charge is 0.483 e. The fourth-order valence-electron chi connectivity index (χ4n) is 3.11. The van der Waals surface area contributed by atoms with Crippen molar-refractivity contribution in [3.63, 3.8) is 0 Å². The van der Waals surface area contributed by atoms with Crippen LogP contribution in [-0.2, 0) is 16.1 Å². The second-order valence-electron chi connectivity index (χ2n) is 7.56. The minimum Gasteiger partial charge on any atom is -0.483 e. The molecular weight excluding hydrogens is 364 g/mol. The van der Waals surface area contributed by atoms with E-state index in [-0.39, 0.29) is 18.4 Å². The van der Waals surface area contributed by atoms with E-state index in [2.05, 4.69) is 19.2 Å². The zero-order valence-electron chi connectivity index (χ0n) is 18.1. The smallest absolute Gasteiger partial charge is 0.261 e. The summed E-state index contributed by atoms with van der Waals surface area (Å²) in [6.07, 6.45) is 0. The van der Waals surface area contributed by atoms with Crippen LogP contribution in [0.1, 0.15) is 50.3 Å². The van der Waals surface area contributed by atoms with E-state index in [4.69, 9.17) is 4.74 Å². The highest BCUT2D eigenvalue weighted by molar-refractivity contribution is 5.87. The molecule has 1 N–H and O–H groups in total. The van der Waals surface area contributed by atoms with Crippen LogP contribution in [0.5, 0.6) is 5.75 Å². The molecule has 0 unspecified atom stereocenters. The maximum atomic E-state index is 13.0.